The van der Waals surface area contributed by atoms with Gasteiger partial charge in [0.1, 0.15) is 0 Å². The molecule has 0 aliphatic carbocycles. The minimum absolute atomic E-state index is 0.704. The van der Waals surface area contributed by atoms with Crippen LogP contribution in [0, 0.1) is 5.92 Å². The molecule has 76 valence electrons. The summed E-state index contributed by atoms with van der Waals surface area (Å²) < 4.78 is 5.36. The van der Waals surface area contributed by atoms with Crippen LogP contribution in [0.4, 0.5) is 0 Å². The minimum atomic E-state index is 0.704. The lowest BCUT2D eigenvalue weighted by molar-refractivity contribution is 0.288. The van der Waals surface area contributed by atoms with Gasteiger partial charge in [0.25, 0.3) is 5.19 Å². The van der Waals surface area contributed by atoms with E-state index in [2.05, 4.69) is 18.8 Å². The monoisotopic (exact) mass is 201 g/mol. The van der Waals surface area contributed by atoms with Gasteiger partial charge in [-0.25, -0.2) is 4.98 Å². The van der Waals surface area contributed by atoms with E-state index in [9.17, 15) is 0 Å². The van der Waals surface area contributed by atoms with E-state index in [1.54, 1.807) is 17.5 Å². The Labute approximate surface area is 85.0 Å². The molecule has 0 spiro atoms. The summed E-state index contributed by atoms with van der Waals surface area (Å²) in [4.78, 5) is 4.01. The van der Waals surface area contributed by atoms with E-state index in [4.69, 9.17) is 4.74 Å². The fourth-order valence-electron chi connectivity index (χ4n) is 0.664. The maximum Gasteiger partial charge on any atom is 0.273 e. The first kappa shape index (κ1) is 12.4. The predicted octanol–water partition coefficient (Wildman–Crippen LogP) is 3.59. The van der Waals surface area contributed by atoms with Crippen LogP contribution in [-0.2, 0) is 0 Å². The summed E-state index contributed by atoms with van der Waals surface area (Å²) in [5.41, 5.74) is 0. The first-order valence-electron chi connectivity index (χ1n) is 4.81. The summed E-state index contributed by atoms with van der Waals surface area (Å²) in [6.45, 7) is 9.15. The van der Waals surface area contributed by atoms with Crippen molar-refractivity contribution in [3.05, 3.63) is 11.6 Å². The molecule has 0 unspecified atom stereocenters. The molecule has 13 heavy (non-hydrogen) atoms. The Kier molecular flexibility index (Phi) is 7.69. The highest BCUT2D eigenvalue weighted by molar-refractivity contribution is 7.11. The number of hydrogen-bond acceptors (Lipinski definition) is 3. The molecule has 0 amide bonds. The molecule has 0 radical (unpaired) electrons. The van der Waals surface area contributed by atoms with Crippen LogP contribution >= 0.6 is 11.3 Å². The lowest BCUT2D eigenvalue weighted by Gasteiger charge is -2.03. The smallest absolute Gasteiger partial charge is 0.273 e. The molecular formula is C10H19NOS. The third kappa shape index (κ3) is 6.58. The van der Waals surface area contributed by atoms with Crippen molar-refractivity contribution in [2.24, 2.45) is 5.92 Å². The number of thiazole rings is 1. The van der Waals surface area contributed by atoms with Gasteiger partial charge in [0.15, 0.2) is 0 Å². The molecule has 0 aromatic carbocycles. The highest BCUT2D eigenvalue weighted by atomic mass is 32.1. The average Bonchev–Trinajstić information content (AvgIpc) is 2.60. The Morgan fingerprint density at radius 1 is 1.46 bits per heavy atom. The maximum atomic E-state index is 5.36. The van der Waals surface area contributed by atoms with E-state index in [0.717, 1.165) is 18.2 Å². The maximum absolute atomic E-state index is 5.36. The first-order valence-corrected chi connectivity index (χ1v) is 5.69. The average molecular weight is 201 g/mol. The third-order valence-corrected chi connectivity index (χ3v) is 2.01. The van der Waals surface area contributed by atoms with Gasteiger partial charge in [0.05, 0.1) is 6.61 Å². The molecule has 0 fully saturated rings. The van der Waals surface area contributed by atoms with E-state index in [1.165, 1.54) is 0 Å². The molecule has 3 heteroatoms. The van der Waals surface area contributed by atoms with Crippen LogP contribution in [0.25, 0.3) is 0 Å². The number of ether oxygens (including phenoxy) is 1. The second-order valence-corrected chi connectivity index (χ2v) is 3.69. The number of aromatic nitrogens is 1. The number of nitrogens with zero attached hydrogens (tertiary/aromatic N) is 1. The second-order valence-electron chi connectivity index (χ2n) is 2.83. The Hall–Kier alpha value is -0.570. The van der Waals surface area contributed by atoms with E-state index in [1.807, 2.05) is 19.2 Å². The van der Waals surface area contributed by atoms with E-state index >= 15 is 0 Å². The van der Waals surface area contributed by atoms with Crippen molar-refractivity contribution >= 4 is 11.3 Å². The van der Waals surface area contributed by atoms with Crippen LogP contribution in [0.15, 0.2) is 11.6 Å². The fourth-order valence-corrected chi connectivity index (χ4v) is 1.17. The van der Waals surface area contributed by atoms with Gasteiger partial charge in [0, 0.05) is 11.6 Å². The molecular weight excluding hydrogens is 182 g/mol. The van der Waals surface area contributed by atoms with Crippen molar-refractivity contribution in [1.29, 1.82) is 0 Å². The highest BCUT2D eigenvalue weighted by Gasteiger charge is 1.96. The van der Waals surface area contributed by atoms with Gasteiger partial charge in [-0.05, 0) is 12.3 Å². The summed E-state index contributed by atoms with van der Waals surface area (Å²) in [6.07, 6.45) is 2.86. The molecule has 2 nitrogen and oxygen atoms in total. The van der Waals surface area contributed by atoms with Gasteiger partial charge in [0.2, 0.25) is 0 Å². The van der Waals surface area contributed by atoms with Crippen LogP contribution in [0.2, 0.25) is 0 Å². The molecule has 1 heterocycles. The van der Waals surface area contributed by atoms with Crippen molar-refractivity contribution in [1.82, 2.24) is 4.98 Å². The van der Waals surface area contributed by atoms with Crippen LogP contribution in [0.1, 0.15) is 34.1 Å². The predicted molar refractivity (Wildman–Crippen MR) is 58.4 cm³/mol. The SMILES string of the molecule is CC.CC(C)CCOc1nccs1. The van der Waals surface area contributed by atoms with Crippen molar-refractivity contribution < 1.29 is 4.74 Å². The van der Waals surface area contributed by atoms with Gasteiger partial charge in [-0.2, -0.15) is 0 Å². The van der Waals surface area contributed by atoms with Gasteiger partial charge >= 0.3 is 0 Å². The number of rotatable bonds is 4. The standard InChI is InChI=1S/C8H13NOS.C2H6/c1-7(2)3-5-10-8-9-4-6-11-8;1-2/h4,6-7H,3,5H2,1-2H3;1-2H3. The summed E-state index contributed by atoms with van der Waals surface area (Å²) in [6, 6.07) is 0. The zero-order chi connectivity index (χ0) is 10.1. The first-order chi connectivity index (χ1) is 6.29. The summed E-state index contributed by atoms with van der Waals surface area (Å²) in [5.74, 6) is 0.704. The molecule has 0 N–H and O–H groups in total. The molecule has 0 aliphatic heterocycles. The Morgan fingerprint density at radius 3 is 2.62 bits per heavy atom. The second kappa shape index (κ2) is 8.05. The molecule has 0 saturated carbocycles. The lowest BCUT2D eigenvalue weighted by atomic mass is 10.1. The van der Waals surface area contributed by atoms with Gasteiger partial charge < -0.3 is 4.74 Å². The zero-order valence-electron chi connectivity index (χ0n) is 8.91. The van der Waals surface area contributed by atoms with Gasteiger partial charge in [-0.3, -0.25) is 0 Å². The molecule has 1 aromatic rings. The molecule has 0 saturated heterocycles. The van der Waals surface area contributed by atoms with Crippen molar-refractivity contribution in [3.63, 3.8) is 0 Å². The van der Waals surface area contributed by atoms with Crippen molar-refractivity contribution in [2.75, 3.05) is 6.61 Å². The Bertz CT molecular complexity index is 185. The van der Waals surface area contributed by atoms with Crippen molar-refractivity contribution in [3.8, 4) is 5.19 Å². The van der Waals surface area contributed by atoms with E-state index in [-0.39, 0.29) is 0 Å². The number of hydrogen-bond donors (Lipinski definition) is 0. The zero-order valence-corrected chi connectivity index (χ0v) is 9.73. The highest BCUT2D eigenvalue weighted by Crippen LogP contribution is 2.14. The summed E-state index contributed by atoms with van der Waals surface area (Å²) in [5, 5.41) is 2.70. The molecule has 0 atom stereocenters. The van der Waals surface area contributed by atoms with Gasteiger partial charge in [-0.15, -0.1) is 0 Å². The van der Waals surface area contributed by atoms with Crippen molar-refractivity contribution in [2.45, 2.75) is 34.1 Å². The minimum Gasteiger partial charge on any atom is -0.470 e. The van der Waals surface area contributed by atoms with Gasteiger partial charge in [-0.1, -0.05) is 39.0 Å². The van der Waals surface area contributed by atoms with E-state index < -0.39 is 0 Å². The van der Waals surface area contributed by atoms with Crippen LogP contribution in [-0.4, -0.2) is 11.6 Å². The third-order valence-electron chi connectivity index (χ3n) is 1.33. The Balaban J connectivity index is 0.000000671. The summed E-state index contributed by atoms with van der Waals surface area (Å²) >= 11 is 1.54. The Morgan fingerprint density at radius 2 is 2.15 bits per heavy atom. The molecule has 0 bridgehead atoms. The molecule has 0 aliphatic rings. The van der Waals surface area contributed by atoms with Crippen LogP contribution in [0.3, 0.4) is 0 Å². The molecule has 1 aromatic heterocycles. The van der Waals surface area contributed by atoms with E-state index in [0.29, 0.717) is 5.92 Å². The largest absolute Gasteiger partial charge is 0.470 e. The summed E-state index contributed by atoms with van der Waals surface area (Å²) in [7, 11) is 0. The lowest BCUT2D eigenvalue weighted by Crippen LogP contribution is -2.00. The fraction of sp³-hybridized carbons (Fsp3) is 0.700. The molecule has 1 rings (SSSR count). The normalized spacial score (nSPS) is 9.31. The quantitative estimate of drug-likeness (QED) is 0.742. The topological polar surface area (TPSA) is 22.1 Å². The van der Waals surface area contributed by atoms with Crippen LogP contribution < -0.4 is 4.74 Å². The van der Waals surface area contributed by atoms with Crippen LogP contribution in [0.5, 0.6) is 5.19 Å².